The van der Waals surface area contributed by atoms with Gasteiger partial charge in [-0.25, -0.2) is 0 Å². The van der Waals surface area contributed by atoms with Crippen molar-refractivity contribution in [3.8, 4) is 0 Å². The molecule has 70 valence electrons. The Morgan fingerprint density at radius 1 is 1.50 bits per heavy atom. The summed E-state index contributed by atoms with van der Waals surface area (Å²) < 4.78 is 0. The van der Waals surface area contributed by atoms with Crippen LogP contribution in [-0.2, 0) is 4.79 Å². The lowest BCUT2D eigenvalue weighted by molar-refractivity contribution is -0.121. The fraction of sp³-hybridized carbons (Fsp3) is 0.889. The van der Waals surface area contributed by atoms with Gasteiger partial charge in [-0.15, -0.1) is 0 Å². The Kier molecular flexibility index (Phi) is 4.08. The lowest BCUT2D eigenvalue weighted by atomic mass is 9.98. The van der Waals surface area contributed by atoms with E-state index in [0.29, 0.717) is 12.3 Å². The number of rotatable bonds is 3. The summed E-state index contributed by atoms with van der Waals surface area (Å²) >= 11 is 0. The molecule has 1 aliphatic heterocycles. The van der Waals surface area contributed by atoms with Crippen molar-refractivity contribution >= 4 is 5.91 Å². The van der Waals surface area contributed by atoms with Crippen LogP contribution in [0.4, 0.5) is 0 Å². The number of hydrogen-bond donors (Lipinski definition) is 2. The van der Waals surface area contributed by atoms with Gasteiger partial charge >= 0.3 is 0 Å². The maximum Gasteiger partial charge on any atom is 0.219 e. The smallest absolute Gasteiger partial charge is 0.219 e. The highest BCUT2D eigenvalue weighted by molar-refractivity contribution is 5.75. The highest BCUT2D eigenvalue weighted by Crippen LogP contribution is 2.09. The van der Waals surface area contributed by atoms with Crippen molar-refractivity contribution in [1.82, 2.24) is 10.6 Å². The van der Waals surface area contributed by atoms with Crippen LogP contribution in [0.1, 0.15) is 26.2 Å². The maximum atomic E-state index is 10.9. The SMILES string of the molecule is CCC(=O)NCC1CCNCC1. The molecule has 3 nitrogen and oxygen atoms in total. The fourth-order valence-corrected chi connectivity index (χ4v) is 1.47. The average Bonchev–Trinajstić information content (AvgIpc) is 2.16. The van der Waals surface area contributed by atoms with Gasteiger partial charge in [-0.3, -0.25) is 4.79 Å². The van der Waals surface area contributed by atoms with E-state index in [0.717, 1.165) is 19.6 Å². The Hall–Kier alpha value is -0.570. The third-order valence-electron chi connectivity index (χ3n) is 2.37. The molecular formula is C9H18N2O. The molecule has 0 saturated carbocycles. The minimum atomic E-state index is 0.175. The van der Waals surface area contributed by atoms with Gasteiger partial charge in [0.2, 0.25) is 5.91 Å². The zero-order valence-electron chi connectivity index (χ0n) is 7.73. The summed E-state index contributed by atoms with van der Waals surface area (Å²) in [7, 11) is 0. The van der Waals surface area contributed by atoms with Crippen molar-refractivity contribution in [3.63, 3.8) is 0 Å². The number of carbonyl (C=O) groups excluding carboxylic acids is 1. The number of hydrogen-bond acceptors (Lipinski definition) is 2. The topological polar surface area (TPSA) is 41.1 Å². The van der Waals surface area contributed by atoms with Crippen molar-refractivity contribution < 1.29 is 4.79 Å². The van der Waals surface area contributed by atoms with E-state index in [9.17, 15) is 4.79 Å². The zero-order valence-corrected chi connectivity index (χ0v) is 7.73. The summed E-state index contributed by atoms with van der Waals surface area (Å²) in [6.45, 7) is 4.96. The average molecular weight is 170 g/mol. The molecule has 0 aromatic rings. The quantitative estimate of drug-likeness (QED) is 0.648. The first-order valence-electron chi connectivity index (χ1n) is 4.80. The van der Waals surface area contributed by atoms with Gasteiger partial charge < -0.3 is 10.6 Å². The predicted octanol–water partition coefficient (Wildman–Crippen LogP) is 0.512. The van der Waals surface area contributed by atoms with Gasteiger partial charge in [0.05, 0.1) is 0 Å². The molecule has 1 fully saturated rings. The summed E-state index contributed by atoms with van der Waals surface area (Å²) in [5, 5.41) is 6.24. The molecule has 1 amide bonds. The minimum absolute atomic E-state index is 0.175. The number of nitrogens with one attached hydrogen (secondary N) is 2. The maximum absolute atomic E-state index is 10.9. The van der Waals surface area contributed by atoms with E-state index in [4.69, 9.17) is 0 Å². The summed E-state index contributed by atoms with van der Waals surface area (Å²) in [6.07, 6.45) is 3.00. The van der Waals surface area contributed by atoms with Crippen LogP contribution in [-0.4, -0.2) is 25.5 Å². The van der Waals surface area contributed by atoms with E-state index in [-0.39, 0.29) is 5.91 Å². The molecule has 0 aliphatic carbocycles. The molecule has 12 heavy (non-hydrogen) atoms. The number of piperidine rings is 1. The van der Waals surface area contributed by atoms with Crippen molar-refractivity contribution in [3.05, 3.63) is 0 Å². The van der Waals surface area contributed by atoms with Crippen LogP contribution in [0, 0.1) is 5.92 Å². The van der Waals surface area contributed by atoms with Crippen LogP contribution in [0.2, 0.25) is 0 Å². The van der Waals surface area contributed by atoms with Crippen LogP contribution in [0.3, 0.4) is 0 Å². The van der Waals surface area contributed by atoms with E-state index in [1.54, 1.807) is 0 Å². The Morgan fingerprint density at radius 3 is 2.75 bits per heavy atom. The van der Waals surface area contributed by atoms with Crippen LogP contribution in [0.5, 0.6) is 0 Å². The molecule has 0 unspecified atom stereocenters. The van der Waals surface area contributed by atoms with Crippen LogP contribution in [0.25, 0.3) is 0 Å². The van der Waals surface area contributed by atoms with Crippen molar-refractivity contribution in [2.75, 3.05) is 19.6 Å². The Bertz CT molecular complexity index is 141. The highest BCUT2D eigenvalue weighted by Gasteiger charge is 2.12. The summed E-state index contributed by atoms with van der Waals surface area (Å²) in [6, 6.07) is 0. The molecule has 3 heteroatoms. The van der Waals surface area contributed by atoms with E-state index < -0.39 is 0 Å². The summed E-state index contributed by atoms with van der Waals surface area (Å²) in [4.78, 5) is 10.9. The first-order chi connectivity index (χ1) is 5.83. The lowest BCUT2D eigenvalue weighted by Gasteiger charge is -2.22. The second kappa shape index (κ2) is 5.14. The molecule has 1 rings (SSSR count). The fourth-order valence-electron chi connectivity index (χ4n) is 1.47. The van der Waals surface area contributed by atoms with Crippen molar-refractivity contribution in [1.29, 1.82) is 0 Å². The Morgan fingerprint density at radius 2 is 2.17 bits per heavy atom. The van der Waals surface area contributed by atoms with Crippen molar-refractivity contribution in [2.45, 2.75) is 26.2 Å². The minimum Gasteiger partial charge on any atom is -0.356 e. The van der Waals surface area contributed by atoms with Gasteiger partial charge in [-0.05, 0) is 31.8 Å². The third-order valence-corrected chi connectivity index (χ3v) is 2.37. The monoisotopic (exact) mass is 170 g/mol. The zero-order chi connectivity index (χ0) is 8.81. The molecule has 0 bridgehead atoms. The Labute approximate surface area is 73.9 Å². The first kappa shape index (κ1) is 9.52. The van der Waals surface area contributed by atoms with Gasteiger partial charge in [0, 0.05) is 13.0 Å². The second-order valence-corrected chi connectivity index (χ2v) is 3.35. The van der Waals surface area contributed by atoms with Crippen LogP contribution >= 0.6 is 0 Å². The van der Waals surface area contributed by atoms with Gasteiger partial charge in [0.25, 0.3) is 0 Å². The van der Waals surface area contributed by atoms with Crippen LogP contribution < -0.4 is 10.6 Å². The molecule has 1 heterocycles. The summed E-state index contributed by atoms with van der Waals surface area (Å²) in [5.41, 5.74) is 0. The predicted molar refractivity (Wildman–Crippen MR) is 48.9 cm³/mol. The lowest BCUT2D eigenvalue weighted by Crippen LogP contribution is -2.35. The molecule has 1 aliphatic rings. The van der Waals surface area contributed by atoms with E-state index in [1.165, 1.54) is 12.8 Å². The molecular weight excluding hydrogens is 152 g/mol. The number of carbonyl (C=O) groups is 1. The van der Waals surface area contributed by atoms with Gasteiger partial charge in [-0.2, -0.15) is 0 Å². The molecule has 0 radical (unpaired) electrons. The normalized spacial score (nSPS) is 19.1. The van der Waals surface area contributed by atoms with Crippen molar-refractivity contribution in [2.24, 2.45) is 5.92 Å². The van der Waals surface area contributed by atoms with E-state index >= 15 is 0 Å². The first-order valence-corrected chi connectivity index (χ1v) is 4.80. The van der Waals surface area contributed by atoms with E-state index in [1.807, 2.05) is 6.92 Å². The molecule has 0 aromatic heterocycles. The molecule has 0 aromatic carbocycles. The van der Waals surface area contributed by atoms with Crippen LogP contribution in [0.15, 0.2) is 0 Å². The summed E-state index contributed by atoms with van der Waals surface area (Å²) in [5.74, 6) is 0.871. The third kappa shape index (κ3) is 3.22. The van der Waals surface area contributed by atoms with Gasteiger partial charge in [0.15, 0.2) is 0 Å². The van der Waals surface area contributed by atoms with Gasteiger partial charge in [-0.1, -0.05) is 6.92 Å². The Balaban J connectivity index is 2.09. The van der Waals surface area contributed by atoms with Gasteiger partial charge in [0.1, 0.15) is 0 Å². The van der Waals surface area contributed by atoms with E-state index in [2.05, 4.69) is 10.6 Å². The molecule has 2 N–H and O–H groups in total. The molecule has 0 atom stereocenters. The molecule has 1 saturated heterocycles. The highest BCUT2D eigenvalue weighted by atomic mass is 16.1. The molecule has 0 spiro atoms. The second-order valence-electron chi connectivity index (χ2n) is 3.35. The number of amides is 1. The largest absolute Gasteiger partial charge is 0.356 e. The standard InChI is InChI=1S/C9H18N2O/c1-2-9(12)11-7-8-3-5-10-6-4-8/h8,10H,2-7H2,1H3,(H,11,12).